The fraction of sp³-hybridized carbons (Fsp3) is 0.727. The molecule has 1 aromatic rings. The van der Waals surface area contributed by atoms with Gasteiger partial charge in [0, 0.05) is 12.2 Å². The molecule has 0 aliphatic rings. The number of unbranched alkanes of at least 4 members (excludes halogenated alkanes) is 6. The minimum atomic E-state index is 0.255. The predicted octanol–water partition coefficient (Wildman–Crippen LogP) is 7.17. The smallest absolute Gasteiger partial charge is 0.0343 e. The van der Waals surface area contributed by atoms with Crippen LogP contribution in [0.2, 0.25) is 0 Å². The Bertz CT molecular complexity index is 420. The van der Waals surface area contributed by atoms with E-state index in [1.54, 1.807) is 0 Å². The summed E-state index contributed by atoms with van der Waals surface area (Å²) in [5.41, 5.74) is 2.99. The molecular formula is C22H39N. The third kappa shape index (κ3) is 8.44. The lowest BCUT2D eigenvalue weighted by Crippen LogP contribution is -2.20. The molecule has 1 rings (SSSR count). The average Bonchev–Trinajstić information content (AvgIpc) is 2.49. The van der Waals surface area contributed by atoms with Gasteiger partial charge in [-0.3, -0.25) is 0 Å². The third-order valence-electron chi connectivity index (χ3n) is 4.67. The van der Waals surface area contributed by atoms with Crippen LogP contribution in [0.4, 0.5) is 5.69 Å². The first-order chi connectivity index (χ1) is 11.0. The molecule has 0 radical (unpaired) electrons. The zero-order valence-corrected chi connectivity index (χ0v) is 16.3. The first-order valence-electron chi connectivity index (χ1n) is 9.80. The number of nitrogens with one attached hydrogen (secondary N) is 1. The lowest BCUT2D eigenvalue weighted by Gasteiger charge is -2.28. The highest BCUT2D eigenvalue weighted by Crippen LogP contribution is 2.31. The van der Waals surface area contributed by atoms with E-state index in [2.05, 4.69) is 64.2 Å². The Morgan fingerprint density at radius 3 is 2.26 bits per heavy atom. The van der Waals surface area contributed by atoms with E-state index in [-0.39, 0.29) is 5.41 Å². The highest BCUT2D eigenvalue weighted by Gasteiger charge is 2.21. The van der Waals surface area contributed by atoms with Gasteiger partial charge < -0.3 is 5.32 Å². The summed E-state index contributed by atoms with van der Waals surface area (Å²) in [6.07, 6.45) is 10.8. The minimum Gasteiger partial charge on any atom is -0.385 e. The molecule has 23 heavy (non-hydrogen) atoms. The van der Waals surface area contributed by atoms with Crippen LogP contribution in [-0.2, 0) is 5.41 Å². The molecule has 0 atom stereocenters. The van der Waals surface area contributed by atoms with Gasteiger partial charge in [0.1, 0.15) is 0 Å². The molecule has 1 nitrogen and oxygen atoms in total. The van der Waals surface area contributed by atoms with Crippen LogP contribution in [0.25, 0.3) is 0 Å². The summed E-state index contributed by atoms with van der Waals surface area (Å²) < 4.78 is 0. The van der Waals surface area contributed by atoms with E-state index in [9.17, 15) is 0 Å². The van der Waals surface area contributed by atoms with Gasteiger partial charge in [0.05, 0.1) is 0 Å². The molecule has 0 unspecified atom stereocenters. The highest BCUT2D eigenvalue weighted by molar-refractivity contribution is 5.47. The molecular weight excluding hydrogens is 278 g/mol. The van der Waals surface area contributed by atoms with Gasteiger partial charge >= 0.3 is 0 Å². The third-order valence-corrected chi connectivity index (χ3v) is 4.67. The molecule has 0 heterocycles. The van der Waals surface area contributed by atoms with Crippen molar-refractivity contribution in [2.45, 2.75) is 91.4 Å². The minimum absolute atomic E-state index is 0.255. The zero-order chi connectivity index (χ0) is 17.1. The van der Waals surface area contributed by atoms with Crippen molar-refractivity contribution < 1.29 is 0 Å². The Kier molecular flexibility index (Phi) is 9.36. The number of hydrogen-bond acceptors (Lipinski definition) is 1. The molecule has 1 N–H and O–H groups in total. The van der Waals surface area contributed by atoms with Gasteiger partial charge in [-0.15, -0.1) is 0 Å². The number of hydrogen-bond donors (Lipinski definition) is 1. The molecule has 0 aromatic heterocycles. The molecule has 0 aliphatic carbocycles. The Balaban J connectivity index is 2.34. The molecule has 1 aromatic carbocycles. The van der Waals surface area contributed by atoms with Crippen LogP contribution < -0.4 is 5.32 Å². The van der Waals surface area contributed by atoms with Crippen molar-refractivity contribution in [3.8, 4) is 0 Å². The van der Waals surface area contributed by atoms with E-state index in [4.69, 9.17) is 0 Å². The maximum atomic E-state index is 3.61. The summed E-state index contributed by atoms with van der Waals surface area (Å²) >= 11 is 0. The molecule has 0 amide bonds. The molecule has 0 bridgehead atoms. The van der Waals surface area contributed by atoms with E-state index < -0.39 is 0 Å². The average molecular weight is 318 g/mol. The van der Waals surface area contributed by atoms with E-state index in [1.165, 1.54) is 62.6 Å². The summed E-state index contributed by atoms with van der Waals surface area (Å²) in [5, 5.41) is 3.61. The Morgan fingerprint density at radius 1 is 0.957 bits per heavy atom. The number of benzene rings is 1. The molecule has 0 fully saturated rings. The van der Waals surface area contributed by atoms with Gasteiger partial charge in [0.25, 0.3) is 0 Å². The van der Waals surface area contributed by atoms with Crippen LogP contribution in [0.3, 0.4) is 0 Å². The van der Waals surface area contributed by atoms with Gasteiger partial charge in [-0.05, 0) is 41.9 Å². The highest BCUT2D eigenvalue weighted by atomic mass is 14.9. The predicted molar refractivity (Wildman–Crippen MR) is 105 cm³/mol. The van der Waals surface area contributed by atoms with Gasteiger partial charge in [-0.1, -0.05) is 85.3 Å². The number of anilines is 1. The second-order valence-corrected chi connectivity index (χ2v) is 8.11. The van der Waals surface area contributed by atoms with Crippen molar-refractivity contribution in [2.75, 3.05) is 11.9 Å². The topological polar surface area (TPSA) is 12.0 Å². The van der Waals surface area contributed by atoms with Crippen molar-refractivity contribution in [1.82, 2.24) is 0 Å². The first-order valence-corrected chi connectivity index (χ1v) is 9.80. The van der Waals surface area contributed by atoms with E-state index in [0.717, 1.165) is 12.5 Å². The Labute approximate surface area is 145 Å². The fourth-order valence-electron chi connectivity index (χ4n) is 3.50. The largest absolute Gasteiger partial charge is 0.385 e. The van der Waals surface area contributed by atoms with Crippen molar-refractivity contribution in [2.24, 2.45) is 5.92 Å². The van der Waals surface area contributed by atoms with Crippen LogP contribution >= 0.6 is 0 Å². The SMILES string of the molecule is CCCCCCCCCNc1cccc(C(C)(C)CC(C)C)c1. The van der Waals surface area contributed by atoms with Crippen molar-refractivity contribution >= 4 is 5.69 Å². The molecule has 1 heteroatoms. The lowest BCUT2D eigenvalue weighted by molar-refractivity contribution is 0.400. The fourth-order valence-corrected chi connectivity index (χ4v) is 3.50. The van der Waals surface area contributed by atoms with E-state index in [0.29, 0.717) is 0 Å². The van der Waals surface area contributed by atoms with Gasteiger partial charge in [-0.25, -0.2) is 0 Å². The molecule has 0 saturated carbocycles. The number of rotatable bonds is 12. The van der Waals surface area contributed by atoms with Gasteiger partial charge in [0.15, 0.2) is 0 Å². The first kappa shape index (κ1) is 20.1. The molecule has 0 aliphatic heterocycles. The summed E-state index contributed by atoms with van der Waals surface area (Å²) in [4.78, 5) is 0. The van der Waals surface area contributed by atoms with Crippen LogP contribution in [-0.4, -0.2) is 6.54 Å². The maximum absolute atomic E-state index is 3.61. The van der Waals surface area contributed by atoms with Crippen molar-refractivity contribution in [3.63, 3.8) is 0 Å². The summed E-state index contributed by atoms with van der Waals surface area (Å²) in [7, 11) is 0. The van der Waals surface area contributed by atoms with Gasteiger partial charge in [0.2, 0.25) is 0 Å². The van der Waals surface area contributed by atoms with Crippen LogP contribution in [0.1, 0.15) is 91.5 Å². The van der Waals surface area contributed by atoms with E-state index in [1.807, 2.05) is 0 Å². The second kappa shape index (κ2) is 10.7. The molecule has 0 spiro atoms. The van der Waals surface area contributed by atoms with Crippen LogP contribution in [0.5, 0.6) is 0 Å². The van der Waals surface area contributed by atoms with Gasteiger partial charge in [-0.2, -0.15) is 0 Å². The Hall–Kier alpha value is -0.980. The van der Waals surface area contributed by atoms with Crippen molar-refractivity contribution in [3.05, 3.63) is 29.8 Å². The summed E-state index contributed by atoms with van der Waals surface area (Å²) in [5.74, 6) is 0.731. The summed E-state index contributed by atoms with van der Waals surface area (Å²) in [6, 6.07) is 9.03. The zero-order valence-electron chi connectivity index (χ0n) is 16.3. The maximum Gasteiger partial charge on any atom is 0.0343 e. The Morgan fingerprint density at radius 2 is 1.61 bits per heavy atom. The monoisotopic (exact) mass is 317 g/mol. The van der Waals surface area contributed by atoms with Crippen LogP contribution in [0.15, 0.2) is 24.3 Å². The standard InChI is InChI=1S/C22H39N/c1-6-7-8-9-10-11-12-16-23-21-15-13-14-20(17-21)22(4,5)18-19(2)3/h13-15,17,19,23H,6-12,16,18H2,1-5H3. The quantitative estimate of drug-likeness (QED) is 0.403. The molecule has 0 saturated heterocycles. The second-order valence-electron chi connectivity index (χ2n) is 8.11. The molecule has 132 valence electrons. The lowest BCUT2D eigenvalue weighted by atomic mass is 9.78. The normalized spacial score (nSPS) is 11.9. The summed E-state index contributed by atoms with van der Waals surface area (Å²) in [6.45, 7) is 12.7. The van der Waals surface area contributed by atoms with E-state index >= 15 is 0 Å². The van der Waals surface area contributed by atoms with Crippen LogP contribution in [0, 0.1) is 5.92 Å². The van der Waals surface area contributed by atoms with Crippen molar-refractivity contribution in [1.29, 1.82) is 0 Å².